The molecule has 1 rings (SSSR count). The van der Waals surface area contributed by atoms with Gasteiger partial charge >= 0.3 is 0 Å². The first-order valence-corrected chi connectivity index (χ1v) is 7.48. The molecule has 0 aromatic heterocycles. The molecule has 0 aromatic rings. The van der Waals surface area contributed by atoms with E-state index in [1.807, 2.05) is 4.90 Å². The summed E-state index contributed by atoms with van der Waals surface area (Å²) in [6.45, 7) is 11.1. The smallest absolute Gasteiger partial charge is 0.236 e. The van der Waals surface area contributed by atoms with Crippen LogP contribution in [0.5, 0.6) is 0 Å². The molecule has 0 atom stereocenters. The molecule has 4 nitrogen and oxygen atoms in total. The number of amides is 1. The normalized spacial score (nSPS) is 16.3. The fourth-order valence-electron chi connectivity index (χ4n) is 2.42. The molecule has 1 aliphatic heterocycles. The zero-order valence-corrected chi connectivity index (χ0v) is 12.1. The Morgan fingerprint density at radius 3 is 2.44 bits per heavy atom. The number of nitrogens with zero attached hydrogens (tertiary/aromatic N) is 2. The third-order valence-corrected chi connectivity index (χ3v) is 3.71. The quantitative estimate of drug-likeness (QED) is 0.665. The van der Waals surface area contributed by atoms with Crippen molar-refractivity contribution in [2.24, 2.45) is 0 Å². The average Bonchev–Trinajstić information content (AvgIpc) is 2.43. The van der Waals surface area contributed by atoms with Crippen molar-refractivity contribution in [1.29, 1.82) is 0 Å². The summed E-state index contributed by atoms with van der Waals surface area (Å²) in [5.41, 5.74) is 0. The number of carbonyl (C=O) groups is 1. The number of nitrogens with one attached hydrogen (secondary N) is 1. The molecule has 1 heterocycles. The molecule has 106 valence electrons. The molecule has 1 amide bonds. The van der Waals surface area contributed by atoms with Gasteiger partial charge in [0.15, 0.2) is 0 Å². The number of piperidine rings is 1. The van der Waals surface area contributed by atoms with Crippen LogP contribution in [0.4, 0.5) is 0 Å². The van der Waals surface area contributed by atoms with Crippen LogP contribution in [0, 0.1) is 0 Å². The molecule has 0 spiro atoms. The van der Waals surface area contributed by atoms with Crippen molar-refractivity contribution in [2.75, 3.05) is 45.8 Å². The summed E-state index contributed by atoms with van der Waals surface area (Å²) in [5, 5.41) is 3.27. The standard InChI is InChI=1S/C14H29N3O/c1-3-16(4-2)10-8-9-15-13-14(18)17-11-6-5-7-12-17/h15H,3-13H2,1-2H3. The molecule has 0 aromatic carbocycles. The third-order valence-electron chi connectivity index (χ3n) is 3.71. The summed E-state index contributed by atoms with van der Waals surface area (Å²) in [6, 6.07) is 0. The van der Waals surface area contributed by atoms with E-state index in [1.54, 1.807) is 0 Å². The Hall–Kier alpha value is -0.610. The van der Waals surface area contributed by atoms with Crippen molar-refractivity contribution in [3.8, 4) is 0 Å². The molecule has 0 saturated carbocycles. The van der Waals surface area contributed by atoms with Gasteiger partial charge in [-0.1, -0.05) is 13.8 Å². The number of likely N-dealkylation sites (tertiary alicyclic amines) is 1. The van der Waals surface area contributed by atoms with E-state index in [0.29, 0.717) is 6.54 Å². The lowest BCUT2D eigenvalue weighted by molar-refractivity contribution is -0.131. The maximum atomic E-state index is 11.9. The topological polar surface area (TPSA) is 35.6 Å². The Morgan fingerprint density at radius 2 is 1.83 bits per heavy atom. The highest BCUT2D eigenvalue weighted by molar-refractivity contribution is 5.78. The number of hydrogen-bond acceptors (Lipinski definition) is 3. The van der Waals surface area contributed by atoms with Crippen LogP contribution in [-0.4, -0.2) is 61.5 Å². The number of rotatable bonds is 8. The molecule has 1 N–H and O–H groups in total. The molecule has 1 fully saturated rings. The van der Waals surface area contributed by atoms with Gasteiger partial charge in [0.25, 0.3) is 0 Å². The van der Waals surface area contributed by atoms with Crippen molar-refractivity contribution in [1.82, 2.24) is 15.1 Å². The van der Waals surface area contributed by atoms with Gasteiger partial charge in [0.2, 0.25) is 5.91 Å². The lowest BCUT2D eigenvalue weighted by Gasteiger charge is -2.26. The zero-order valence-electron chi connectivity index (χ0n) is 12.1. The van der Waals surface area contributed by atoms with E-state index in [2.05, 4.69) is 24.1 Å². The van der Waals surface area contributed by atoms with Gasteiger partial charge < -0.3 is 15.1 Å². The molecular weight excluding hydrogens is 226 g/mol. The SMILES string of the molecule is CCN(CC)CCCNCC(=O)N1CCCCC1. The van der Waals surface area contributed by atoms with Crippen molar-refractivity contribution in [3.63, 3.8) is 0 Å². The highest BCUT2D eigenvalue weighted by Gasteiger charge is 2.15. The molecule has 0 unspecified atom stereocenters. The van der Waals surface area contributed by atoms with Gasteiger partial charge in [0.05, 0.1) is 6.54 Å². The van der Waals surface area contributed by atoms with E-state index in [4.69, 9.17) is 0 Å². The summed E-state index contributed by atoms with van der Waals surface area (Å²) in [6.07, 6.45) is 4.75. The second kappa shape index (κ2) is 9.34. The first-order valence-electron chi connectivity index (χ1n) is 7.48. The Morgan fingerprint density at radius 1 is 1.17 bits per heavy atom. The van der Waals surface area contributed by atoms with Gasteiger partial charge in [0, 0.05) is 13.1 Å². The maximum Gasteiger partial charge on any atom is 0.236 e. The first kappa shape index (κ1) is 15.4. The van der Waals surface area contributed by atoms with E-state index in [9.17, 15) is 4.79 Å². The lowest BCUT2D eigenvalue weighted by atomic mass is 10.1. The van der Waals surface area contributed by atoms with E-state index < -0.39 is 0 Å². The monoisotopic (exact) mass is 255 g/mol. The van der Waals surface area contributed by atoms with Gasteiger partial charge in [-0.15, -0.1) is 0 Å². The number of hydrogen-bond donors (Lipinski definition) is 1. The van der Waals surface area contributed by atoms with Crippen molar-refractivity contribution in [2.45, 2.75) is 39.5 Å². The van der Waals surface area contributed by atoms with Crippen molar-refractivity contribution in [3.05, 3.63) is 0 Å². The lowest BCUT2D eigenvalue weighted by Crippen LogP contribution is -2.41. The van der Waals surface area contributed by atoms with Crippen LogP contribution in [0.15, 0.2) is 0 Å². The Balaban J connectivity index is 2.01. The van der Waals surface area contributed by atoms with Gasteiger partial charge in [0.1, 0.15) is 0 Å². The summed E-state index contributed by atoms with van der Waals surface area (Å²) in [7, 11) is 0. The van der Waals surface area contributed by atoms with Crippen LogP contribution in [0.1, 0.15) is 39.5 Å². The summed E-state index contributed by atoms with van der Waals surface area (Å²) in [4.78, 5) is 16.3. The van der Waals surface area contributed by atoms with Crippen molar-refractivity contribution >= 4 is 5.91 Å². The van der Waals surface area contributed by atoms with E-state index in [-0.39, 0.29) is 5.91 Å². The molecule has 0 bridgehead atoms. The molecule has 18 heavy (non-hydrogen) atoms. The van der Waals surface area contributed by atoms with Crippen LogP contribution < -0.4 is 5.32 Å². The van der Waals surface area contributed by atoms with Crippen LogP contribution in [0.25, 0.3) is 0 Å². The van der Waals surface area contributed by atoms with Gasteiger partial charge in [-0.2, -0.15) is 0 Å². The fourth-order valence-corrected chi connectivity index (χ4v) is 2.42. The van der Waals surface area contributed by atoms with Crippen LogP contribution in [0.3, 0.4) is 0 Å². The minimum Gasteiger partial charge on any atom is -0.342 e. The minimum absolute atomic E-state index is 0.275. The predicted molar refractivity (Wildman–Crippen MR) is 75.7 cm³/mol. The van der Waals surface area contributed by atoms with Crippen LogP contribution in [0.2, 0.25) is 0 Å². The Bertz CT molecular complexity index is 223. The minimum atomic E-state index is 0.275. The molecule has 4 heteroatoms. The number of carbonyl (C=O) groups excluding carboxylic acids is 1. The maximum absolute atomic E-state index is 11.9. The molecule has 1 aliphatic rings. The fraction of sp³-hybridized carbons (Fsp3) is 0.929. The van der Waals surface area contributed by atoms with Crippen molar-refractivity contribution < 1.29 is 4.79 Å². The Kier molecular flexibility index (Phi) is 8.01. The summed E-state index contributed by atoms with van der Waals surface area (Å²) < 4.78 is 0. The molecule has 0 radical (unpaired) electrons. The van der Waals surface area contributed by atoms with Crippen LogP contribution >= 0.6 is 0 Å². The van der Waals surface area contributed by atoms with E-state index >= 15 is 0 Å². The highest BCUT2D eigenvalue weighted by atomic mass is 16.2. The third kappa shape index (κ3) is 5.83. The molecular formula is C14H29N3O. The van der Waals surface area contributed by atoms with Gasteiger partial charge in [-0.3, -0.25) is 4.79 Å². The molecule has 1 saturated heterocycles. The Labute approximate surface area is 112 Å². The average molecular weight is 255 g/mol. The van der Waals surface area contributed by atoms with Gasteiger partial charge in [-0.05, 0) is 51.9 Å². The van der Waals surface area contributed by atoms with E-state index in [0.717, 1.165) is 45.7 Å². The second-order valence-electron chi connectivity index (χ2n) is 5.00. The first-order chi connectivity index (χ1) is 8.77. The van der Waals surface area contributed by atoms with Gasteiger partial charge in [-0.25, -0.2) is 0 Å². The zero-order chi connectivity index (χ0) is 13.2. The van der Waals surface area contributed by atoms with E-state index in [1.165, 1.54) is 19.3 Å². The second-order valence-corrected chi connectivity index (χ2v) is 5.00. The largest absolute Gasteiger partial charge is 0.342 e. The van der Waals surface area contributed by atoms with Crippen LogP contribution in [-0.2, 0) is 4.79 Å². The highest BCUT2D eigenvalue weighted by Crippen LogP contribution is 2.08. The summed E-state index contributed by atoms with van der Waals surface area (Å²) >= 11 is 0. The summed E-state index contributed by atoms with van der Waals surface area (Å²) in [5.74, 6) is 0.275. The molecule has 0 aliphatic carbocycles. The predicted octanol–water partition coefficient (Wildman–Crippen LogP) is 1.32.